The van der Waals surface area contributed by atoms with Crippen LogP contribution in [0, 0.1) is 10.7 Å². The first kappa shape index (κ1) is 15.9. The summed E-state index contributed by atoms with van der Waals surface area (Å²) >= 11 is 6.59. The summed E-state index contributed by atoms with van der Waals surface area (Å²) in [4.78, 5) is 12.1. The molecule has 1 atom stereocenters. The number of benzene rings is 1. The highest BCUT2D eigenvalue weighted by atomic mass is 127. The quantitative estimate of drug-likeness (QED) is 0.432. The Labute approximate surface area is 142 Å². The first-order chi connectivity index (χ1) is 7.99. The number of nitrogens with one attached hydrogen (secondary N) is 1. The van der Waals surface area contributed by atoms with E-state index >= 15 is 0 Å². The number of rotatable bonds is 4. The number of hydrogen-bond acceptors (Lipinski definition) is 2. The third-order valence-electron chi connectivity index (χ3n) is 2.29. The van der Waals surface area contributed by atoms with E-state index in [1.165, 1.54) is 0 Å². The summed E-state index contributed by atoms with van der Waals surface area (Å²) in [5.74, 6) is -0.119. The lowest BCUT2D eigenvalue weighted by atomic mass is 10.2. The van der Waals surface area contributed by atoms with Crippen molar-refractivity contribution < 1.29 is 9.90 Å². The molecule has 6 heteroatoms. The van der Waals surface area contributed by atoms with E-state index in [1.807, 2.05) is 19.1 Å². The molecule has 2 N–H and O–H groups in total. The van der Waals surface area contributed by atoms with Gasteiger partial charge in [-0.3, -0.25) is 4.79 Å². The van der Waals surface area contributed by atoms with Gasteiger partial charge in [-0.2, -0.15) is 0 Å². The van der Waals surface area contributed by atoms with Crippen LogP contribution in [0.4, 0.5) is 0 Å². The predicted octanol–water partition coefficient (Wildman–Crippen LogP) is 3.00. The Morgan fingerprint density at radius 1 is 1.41 bits per heavy atom. The topological polar surface area (TPSA) is 49.3 Å². The highest BCUT2D eigenvalue weighted by Gasteiger charge is 2.16. The molecule has 0 aliphatic rings. The van der Waals surface area contributed by atoms with Gasteiger partial charge in [-0.05, 0) is 86.3 Å². The lowest BCUT2D eigenvalue weighted by molar-refractivity contribution is 0.0914. The lowest BCUT2D eigenvalue weighted by Crippen LogP contribution is -2.37. The van der Waals surface area contributed by atoms with Crippen LogP contribution in [0.15, 0.2) is 12.1 Å². The second-order valence-electron chi connectivity index (χ2n) is 3.51. The van der Waals surface area contributed by atoms with Gasteiger partial charge in [0, 0.05) is 10.7 Å². The maximum Gasteiger partial charge on any atom is 0.252 e. The molecule has 0 bridgehead atoms. The molecule has 0 saturated carbocycles. The Hall–Kier alpha value is 0.840. The van der Waals surface area contributed by atoms with Crippen molar-refractivity contribution >= 4 is 73.7 Å². The summed E-state index contributed by atoms with van der Waals surface area (Å²) in [6, 6.07) is 3.72. The Morgan fingerprint density at radius 2 is 2.06 bits per heavy atom. The summed E-state index contributed by atoms with van der Waals surface area (Å²) < 4.78 is 3.06. The fourth-order valence-corrected chi connectivity index (χ4v) is 3.66. The van der Waals surface area contributed by atoms with Crippen LogP contribution in [0.1, 0.15) is 23.7 Å². The van der Waals surface area contributed by atoms with Gasteiger partial charge in [-0.1, -0.05) is 6.92 Å². The zero-order chi connectivity index (χ0) is 13.0. The second kappa shape index (κ2) is 7.43. The number of aliphatic hydroxyl groups excluding tert-OH is 1. The molecule has 17 heavy (non-hydrogen) atoms. The molecule has 0 spiro atoms. The predicted molar refractivity (Wildman–Crippen MR) is 93.2 cm³/mol. The van der Waals surface area contributed by atoms with Crippen LogP contribution < -0.4 is 5.32 Å². The molecule has 94 valence electrons. The zero-order valence-corrected chi connectivity index (χ0v) is 15.6. The second-order valence-corrected chi connectivity index (χ2v) is 7.00. The lowest BCUT2D eigenvalue weighted by Gasteiger charge is -2.15. The molecule has 0 radical (unpaired) electrons. The smallest absolute Gasteiger partial charge is 0.252 e. The van der Waals surface area contributed by atoms with E-state index in [0.717, 1.165) is 17.1 Å². The minimum Gasteiger partial charge on any atom is -0.394 e. The number of hydrogen-bond donors (Lipinski definition) is 2. The first-order valence-corrected chi connectivity index (χ1v) is 8.29. The minimum atomic E-state index is -0.172. The highest BCUT2D eigenvalue weighted by Crippen LogP contribution is 2.22. The van der Waals surface area contributed by atoms with Crippen molar-refractivity contribution in [3.05, 3.63) is 28.4 Å². The van der Waals surface area contributed by atoms with Crippen molar-refractivity contribution in [2.75, 3.05) is 6.61 Å². The van der Waals surface area contributed by atoms with E-state index in [0.29, 0.717) is 5.56 Å². The van der Waals surface area contributed by atoms with Gasteiger partial charge in [0.2, 0.25) is 0 Å². The standard InChI is InChI=1S/C11H12I3NO2/c1-2-7(5-16)15-11(17)8-3-6(12)4-9(13)10(8)14/h3-4,7,16H,2,5H2,1H3,(H,15,17)/t7-/m0/s1. The molecule has 0 aliphatic carbocycles. The normalized spacial score (nSPS) is 12.3. The van der Waals surface area contributed by atoms with Gasteiger partial charge >= 0.3 is 0 Å². The van der Waals surface area contributed by atoms with E-state index in [-0.39, 0.29) is 18.6 Å². The maximum absolute atomic E-state index is 12.1. The van der Waals surface area contributed by atoms with Crippen molar-refractivity contribution in [2.24, 2.45) is 0 Å². The maximum atomic E-state index is 12.1. The molecular weight excluding hydrogens is 559 g/mol. The number of amides is 1. The molecule has 1 rings (SSSR count). The van der Waals surface area contributed by atoms with Crippen LogP contribution in [0.5, 0.6) is 0 Å². The van der Waals surface area contributed by atoms with Gasteiger partial charge in [0.25, 0.3) is 5.91 Å². The van der Waals surface area contributed by atoms with Gasteiger partial charge in [0.05, 0.1) is 18.2 Å². The molecule has 0 heterocycles. The molecule has 3 nitrogen and oxygen atoms in total. The molecule has 0 saturated heterocycles. The molecule has 0 fully saturated rings. The Morgan fingerprint density at radius 3 is 2.59 bits per heavy atom. The van der Waals surface area contributed by atoms with Crippen molar-refractivity contribution in [3.63, 3.8) is 0 Å². The molecule has 0 aromatic heterocycles. The first-order valence-electron chi connectivity index (χ1n) is 5.05. The van der Waals surface area contributed by atoms with Gasteiger partial charge in [-0.15, -0.1) is 0 Å². The van der Waals surface area contributed by atoms with Gasteiger partial charge in [0.15, 0.2) is 0 Å². The van der Waals surface area contributed by atoms with E-state index in [9.17, 15) is 4.79 Å². The van der Waals surface area contributed by atoms with E-state index < -0.39 is 0 Å². The third kappa shape index (κ3) is 4.46. The number of carbonyl (C=O) groups is 1. The molecule has 1 amide bonds. The summed E-state index contributed by atoms with van der Waals surface area (Å²) in [6.45, 7) is 1.91. The molecule has 1 aromatic rings. The van der Waals surface area contributed by atoms with E-state index in [4.69, 9.17) is 5.11 Å². The molecule has 0 unspecified atom stereocenters. The minimum absolute atomic E-state index is 0.0279. The Bertz CT molecular complexity index is 419. The van der Waals surface area contributed by atoms with Crippen LogP contribution in [0.3, 0.4) is 0 Å². The summed E-state index contributed by atoms with van der Waals surface area (Å²) in [5, 5.41) is 11.9. The molecule has 1 aromatic carbocycles. The number of halogens is 3. The van der Waals surface area contributed by atoms with Crippen LogP contribution in [0.25, 0.3) is 0 Å². The molecule has 0 aliphatic heterocycles. The Balaban J connectivity index is 2.96. The largest absolute Gasteiger partial charge is 0.394 e. The monoisotopic (exact) mass is 571 g/mol. The summed E-state index contributed by atoms with van der Waals surface area (Å²) in [6.07, 6.45) is 0.722. The van der Waals surface area contributed by atoms with E-state index in [1.54, 1.807) is 0 Å². The van der Waals surface area contributed by atoms with Crippen LogP contribution in [0.2, 0.25) is 0 Å². The SMILES string of the molecule is CC[C@@H](CO)NC(=O)c1cc(I)cc(I)c1I. The van der Waals surface area contributed by atoms with Gasteiger partial charge in [-0.25, -0.2) is 0 Å². The third-order valence-corrected chi connectivity index (χ3v) is 5.95. The number of aliphatic hydroxyl groups is 1. The van der Waals surface area contributed by atoms with Crippen molar-refractivity contribution in [2.45, 2.75) is 19.4 Å². The zero-order valence-electron chi connectivity index (χ0n) is 9.14. The Kier molecular flexibility index (Phi) is 6.95. The fraction of sp³-hybridized carbons (Fsp3) is 0.364. The fourth-order valence-electron chi connectivity index (χ4n) is 1.26. The van der Waals surface area contributed by atoms with Gasteiger partial charge < -0.3 is 10.4 Å². The average molecular weight is 571 g/mol. The van der Waals surface area contributed by atoms with Crippen molar-refractivity contribution in [1.29, 1.82) is 0 Å². The van der Waals surface area contributed by atoms with Crippen LogP contribution >= 0.6 is 67.8 Å². The van der Waals surface area contributed by atoms with Crippen molar-refractivity contribution in [3.8, 4) is 0 Å². The molecular formula is C11H12I3NO2. The summed E-state index contributed by atoms with van der Waals surface area (Å²) in [5.41, 5.74) is 0.675. The van der Waals surface area contributed by atoms with Crippen LogP contribution in [-0.4, -0.2) is 23.7 Å². The van der Waals surface area contributed by atoms with Crippen LogP contribution in [-0.2, 0) is 0 Å². The average Bonchev–Trinajstić information content (AvgIpc) is 2.30. The highest BCUT2D eigenvalue weighted by molar-refractivity contribution is 14.1. The van der Waals surface area contributed by atoms with Crippen molar-refractivity contribution in [1.82, 2.24) is 5.32 Å². The van der Waals surface area contributed by atoms with E-state index in [2.05, 4.69) is 73.1 Å². The summed E-state index contributed by atoms with van der Waals surface area (Å²) in [7, 11) is 0. The number of carbonyl (C=O) groups excluding carboxylic acids is 1. The van der Waals surface area contributed by atoms with Gasteiger partial charge in [0.1, 0.15) is 0 Å².